The number of nitrogens with zero attached hydrogens (tertiary/aromatic N) is 2. The van der Waals surface area contributed by atoms with Crippen LogP contribution in [0.2, 0.25) is 0 Å². The average molecular weight is 572 g/mol. The molecule has 0 aliphatic carbocycles. The number of hydrogen-bond donors (Lipinski definition) is 2. The number of alkyl halides is 3. The second kappa shape index (κ2) is 12.1. The van der Waals surface area contributed by atoms with Crippen molar-refractivity contribution >= 4 is 39.8 Å². The van der Waals surface area contributed by atoms with Gasteiger partial charge in [0.05, 0.1) is 4.90 Å². The van der Waals surface area contributed by atoms with Crippen molar-refractivity contribution in [2.24, 2.45) is 4.99 Å². The Balaban J connectivity index is 0.00000480. The molecule has 12 heteroatoms. The van der Waals surface area contributed by atoms with Gasteiger partial charge in [0.1, 0.15) is 0 Å². The molecule has 0 bridgehead atoms. The molecule has 31 heavy (non-hydrogen) atoms. The highest BCUT2D eigenvalue weighted by Gasteiger charge is 2.28. The third-order valence-corrected chi connectivity index (χ3v) is 5.05. The van der Waals surface area contributed by atoms with E-state index in [1.165, 1.54) is 12.3 Å². The minimum atomic E-state index is -4.42. The largest absolute Gasteiger partial charge is 0.468 e. The molecule has 7 nitrogen and oxygen atoms in total. The predicted molar refractivity (Wildman–Crippen MR) is 123 cm³/mol. The van der Waals surface area contributed by atoms with E-state index in [1.807, 2.05) is 0 Å². The predicted octanol–water partition coefficient (Wildman–Crippen LogP) is 2.95. The zero-order chi connectivity index (χ0) is 22.2. The number of rotatable bonds is 8. The van der Waals surface area contributed by atoms with Gasteiger partial charge < -0.3 is 15.4 Å². The molecule has 1 heterocycles. The Kier molecular flexibility index (Phi) is 10.5. The summed E-state index contributed by atoms with van der Waals surface area (Å²) in [7, 11) is -1.62. The van der Waals surface area contributed by atoms with Gasteiger partial charge in [-0.25, -0.2) is 13.4 Å². The van der Waals surface area contributed by atoms with Gasteiger partial charge in [0.25, 0.3) is 0 Å². The third kappa shape index (κ3) is 10.2. The van der Waals surface area contributed by atoms with E-state index in [0.717, 1.165) is 11.8 Å². The number of nitrogens with one attached hydrogen (secondary N) is 2. The zero-order valence-electron chi connectivity index (χ0n) is 16.9. The Morgan fingerprint density at radius 1 is 1.13 bits per heavy atom. The summed E-state index contributed by atoms with van der Waals surface area (Å²) in [4.78, 5) is 8.12. The molecule has 0 saturated carbocycles. The second-order valence-electron chi connectivity index (χ2n) is 6.42. The summed E-state index contributed by atoms with van der Waals surface area (Å²) in [6.07, 6.45) is -1.24. The number of halogens is 4. The van der Waals surface area contributed by atoms with Crippen molar-refractivity contribution in [3.05, 3.63) is 53.7 Å². The number of aromatic nitrogens is 1. The highest BCUT2D eigenvalue weighted by Crippen LogP contribution is 2.17. The molecule has 1 aromatic heterocycles. The van der Waals surface area contributed by atoms with Gasteiger partial charge in [-0.2, -0.15) is 13.2 Å². The number of sulfone groups is 1. The topological polar surface area (TPSA) is 92.7 Å². The highest BCUT2D eigenvalue weighted by atomic mass is 127. The van der Waals surface area contributed by atoms with Crippen LogP contribution in [0.1, 0.15) is 11.1 Å². The molecule has 2 N–H and O–H groups in total. The maximum absolute atomic E-state index is 12.2. The molecule has 0 spiro atoms. The Bertz CT molecular complexity index is 968. The lowest BCUT2D eigenvalue weighted by Crippen LogP contribution is -2.37. The number of benzene rings is 1. The summed E-state index contributed by atoms with van der Waals surface area (Å²) in [5.74, 6) is 0.407. The molecule has 0 fully saturated rings. The van der Waals surface area contributed by atoms with E-state index in [0.29, 0.717) is 31.0 Å². The summed E-state index contributed by atoms with van der Waals surface area (Å²) in [6.45, 7) is -0.535. The summed E-state index contributed by atoms with van der Waals surface area (Å²) in [5, 5.41) is 6.17. The second-order valence-corrected chi connectivity index (χ2v) is 8.44. The van der Waals surface area contributed by atoms with E-state index in [1.54, 1.807) is 37.4 Å². The summed E-state index contributed by atoms with van der Waals surface area (Å²) in [6, 6.07) is 9.74. The lowest BCUT2D eigenvalue weighted by atomic mass is 10.1. The van der Waals surface area contributed by atoms with E-state index in [9.17, 15) is 21.6 Å². The maximum Gasteiger partial charge on any atom is 0.422 e. The number of guanidine groups is 1. The molecule has 0 unspecified atom stereocenters. The molecular formula is C19H24F3IN4O3S. The SMILES string of the molecule is CN=C(NCCc1ccc(S(C)(=O)=O)cc1)NCc1ccnc(OCC(F)(F)F)c1.I. The van der Waals surface area contributed by atoms with Crippen LogP contribution in [-0.2, 0) is 22.8 Å². The lowest BCUT2D eigenvalue weighted by molar-refractivity contribution is -0.154. The Morgan fingerprint density at radius 2 is 1.81 bits per heavy atom. The number of ether oxygens (including phenoxy) is 1. The minimum absolute atomic E-state index is 0. The quantitative estimate of drug-likeness (QED) is 0.287. The molecule has 172 valence electrons. The van der Waals surface area contributed by atoms with Gasteiger partial charge in [-0.15, -0.1) is 24.0 Å². The first kappa shape index (κ1) is 26.9. The number of hydrogen-bond acceptors (Lipinski definition) is 5. The smallest absolute Gasteiger partial charge is 0.422 e. The monoisotopic (exact) mass is 572 g/mol. The van der Waals surface area contributed by atoms with E-state index in [2.05, 4.69) is 25.3 Å². The minimum Gasteiger partial charge on any atom is -0.468 e. The molecule has 0 radical (unpaired) electrons. The molecule has 0 atom stereocenters. The number of aliphatic imine (C=N–C) groups is 1. The summed E-state index contributed by atoms with van der Waals surface area (Å²) >= 11 is 0. The Labute approximate surface area is 196 Å². The fourth-order valence-electron chi connectivity index (χ4n) is 2.43. The number of pyridine rings is 1. The molecule has 2 aromatic rings. The molecule has 0 aliphatic heterocycles. The van der Waals surface area contributed by atoms with Crippen molar-refractivity contribution < 1.29 is 26.3 Å². The van der Waals surface area contributed by atoms with Gasteiger partial charge in [0.15, 0.2) is 22.4 Å². The van der Waals surface area contributed by atoms with Crippen LogP contribution in [-0.4, -0.2) is 52.0 Å². The van der Waals surface area contributed by atoms with Gasteiger partial charge in [0, 0.05) is 38.7 Å². The Hall–Kier alpha value is -2.09. The molecular weight excluding hydrogens is 548 g/mol. The molecule has 0 aliphatic rings. The van der Waals surface area contributed by atoms with Gasteiger partial charge in [-0.05, 0) is 35.7 Å². The molecule has 1 aromatic carbocycles. The first-order chi connectivity index (χ1) is 14.1. The van der Waals surface area contributed by atoms with Crippen molar-refractivity contribution in [1.29, 1.82) is 0 Å². The average Bonchev–Trinajstić information content (AvgIpc) is 2.68. The maximum atomic E-state index is 12.2. The van der Waals surface area contributed by atoms with Crippen LogP contribution in [0.3, 0.4) is 0 Å². The Morgan fingerprint density at radius 3 is 2.39 bits per heavy atom. The summed E-state index contributed by atoms with van der Waals surface area (Å²) in [5.41, 5.74) is 1.65. The first-order valence-electron chi connectivity index (χ1n) is 8.95. The van der Waals surface area contributed by atoms with Crippen LogP contribution in [0.5, 0.6) is 5.88 Å². The fraction of sp³-hybridized carbons (Fsp3) is 0.368. The van der Waals surface area contributed by atoms with Gasteiger partial charge in [-0.1, -0.05) is 12.1 Å². The van der Waals surface area contributed by atoms with Crippen molar-refractivity contribution in [3.8, 4) is 5.88 Å². The van der Waals surface area contributed by atoms with E-state index in [-0.39, 0.29) is 34.8 Å². The van der Waals surface area contributed by atoms with Crippen molar-refractivity contribution in [1.82, 2.24) is 15.6 Å². The van der Waals surface area contributed by atoms with Crippen LogP contribution in [0.4, 0.5) is 13.2 Å². The highest BCUT2D eigenvalue weighted by molar-refractivity contribution is 14.0. The van der Waals surface area contributed by atoms with Gasteiger partial charge in [0.2, 0.25) is 5.88 Å². The molecule has 0 amide bonds. The van der Waals surface area contributed by atoms with Crippen LogP contribution >= 0.6 is 24.0 Å². The van der Waals surface area contributed by atoms with Crippen molar-refractivity contribution in [2.75, 3.05) is 26.5 Å². The molecule has 2 rings (SSSR count). The van der Waals surface area contributed by atoms with Crippen molar-refractivity contribution in [3.63, 3.8) is 0 Å². The standard InChI is InChI=1S/C19H23F3N4O3S.HI/c1-23-18(25-10-7-14-3-5-16(6-4-14)30(2,27)28)26-12-15-8-9-24-17(11-15)29-13-19(20,21)22;/h3-6,8-9,11H,7,10,12-13H2,1-2H3,(H2,23,25,26);1H. The van der Waals surface area contributed by atoms with E-state index < -0.39 is 22.6 Å². The fourth-order valence-corrected chi connectivity index (χ4v) is 3.06. The van der Waals surface area contributed by atoms with Crippen LogP contribution in [0.25, 0.3) is 0 Å². The zero-order valence-corrected chi connectivity index (χ0v) is 20.1. The van der Waals surface area contributed by atoms with Crippen molar-refractivity contribution in [2.45, 2.75) is 24.0 Å². The van der Waals surface area contributed by atoms with Crippen LogP contribution in [0.15, 0.2) is 52.5 Å². The normalized spacial score (nSPS) is 12.1. The third-order valence-electron chi connectivity index (χ3n) is 3.92. The molecule has 0 saturated heterocycles. The van der Waals surface area contributed by atoms with Gasteiger partial charge in [-0.3, -0.25) is 4.99 Å². The first-order valence-corrected chi connectivity index (χ1v) is 10.8. The van der Waals surface area contributed by atoms with Crippen LogP contribution in [0, 0.1) is 0 Å². The van der Waals surface area contributed by atoms with E-state index >= 15 is 0 Å². The van der Waals surface area contributed by atoms with Crippen LogP contribution < -0.4 is 15.4 Å². The van der Waals surface area contributed by atoms with E-state index in [4.69, 9.17) is 0 Å². The summed E-state index contributed by atoms with van der Waals surface area (Å²) < 4.78 is 64.3. The lowest BCUT2D eigenvalue weighted by Gasteiger charge is -2.13. The van der Waals surface area contributed by atoms with Gasteiger partial charge >= 0.3 is 6.18 Å².